The first kappa shape index (κ1) is 18.7. The predicted octanol–water partition coefficient (Wildman–Crippen LogP) is 3.96. The summed E-state index contributed by atoms with van der Waals surface area (Å²) in [4.78, 5) is 16.6. The van der Waals surface area contributed by atoms with E-state index in [4.69, 9.17) is 17.0 Å². The minimum absolute atomic E-state index is 0.203. The molecule has 2 unspecified atom stereocenters. The van der Waals surface area contributed by atoms with Crippen molar-refractivity contribution in [1.29, 1.82) is 0 Å². The van der Waals surface area contributed by atoms with Gasteiger partial charge in [0.25, 0.3) is 5.17 Å². The second kappa shape index (κ2) is 8.52. The molecule has 5 heteroatoms. The van der Waals surface area contributed by atoms with Gasteiger partial charge in [0.1, 0.15) is 0 Å². The molecule has 2 aliphatic heterocycles. The minimum atomic E-state index is 0.203. The number of carbonyl (C=O) groups excluding carboxylic acids is 1. The molecule has 3 aliphatic rings. The molecule has 0 N–H and O–H groups in total. The van der Waals surface area contributed by atoms with Crippen molar-refractivity contribution in [2.24, 2.45) is 17.8 Å². The van der Waals surface area contributed by atoms with E-state index in [1.807, 2.05) is 4.90 Å². The molecule has 3 rings (SSSR count). The summed E-state index contributed by atoms with van der Waals surface area (Å²) < 4.78 is 5.81. The van der Waals surface area contributed by atoms with Crippen molar-refractivity contribution in [3.8, 4) is 0 Å². The Kier molecular flexibility index (Phi) is 6.37. The van der Waals surface area contributed by atoms with Crippen LogP contribution in [-0.4, -0.2) is 47.1 Å². The number of hydrogen-bond donors (Lipinski definition) is 0. The van der Waals surface area contributed by atoms with Crippen molar-refractivity contribution in [2.75, 3.05) is 26.2 Å². The molecule has 0 aromatic rings. The molecule has 2 fully saturated rings. The maximum absolute atomic E-state index is 12.5. The normalized spacial score (nSPS) is 29.7. The van der Waals surface area contributed by atoms with Gasteiger partial charge in [-0.25, -0.2) is 0 Å². The molecule has 2 saturated heterocycles. The topological polar surface area (TPSA) is 32.8 Å². The maximum Gasteiger partial charge on any atom is 0.263 e. The summed E-state index contributed by atoms with van der Waals surface area (Å²) in [6.07, 6.45) is 10.1. The molecule has 2 heterocycles. The molecule has 3 atom stereocenters. The fourth-order valence-corrected chi connectivity index (χ4v) is 4.98. The van der Waals surface area contributed by atoms with Gasteiger partial charge in [-0.1, -0.05) is 19.9 Å². The Morgan fingerprint density at radius 2 is 1.96 bits per heavy atom. The highest BCUT2D eigenvalue weighted by molar-refractivity contribution is 7.80. The van der Waals surface area contributed by atoms with Gasteiger partial charge < -0.3 is 14.5 Å². The number of hydrogen-bond acceptors (Lipinski definition) is 3. The molecule has 0 radical (unpaired) electrons. The van der Waals surface area contributed by atoms with Crippen LogP contribution in [0.15, 0.2) is 11.8 Å². The molecule has 4 nitrogen and oxygen atoms in total. The van der Waals surface area contributed by atoms with E-state index in [2.05, 4.69) is 24.8 Å². The van der Waals surface area contributed by atoms with Crippen LogP contribution in [0.25, 0.3) is 0 Å². The summed E-state index contributed by atoms with van der Waals surface area (Å²) in [5, 5.41) is 0.561. The SMILES string of the molecule is CC1C[C@H](C)CN(C(=O)CCOC(=S)N2CCCC3CCCC=C32)C1. The lowest BCUT2D eigenvalue weighted by molar-refractivity contribution is -0.134. The quantitative estimate of drug-likeness (QED) is 0.710. The van der Waals surface area contributed by atoms with Gasteiger partial charge in [-0.15, -0.1) is 0 Å². The number of piperidine rings is 2. The van der Waals surface area contributed by atoms with Gasteiger partial charge in [-0.2, -0.15) is 0 Å². The molecular weight excluding hydrogens is 332 g/mol. The van der Waals surface area contributed by atoms with Crippen molar-refractivity contribution in [2.45, 2.75) is 58.8 Å². The molecule has 0 bridgehead atoms. The first-order chi connectivity index (χ1) is 12.0. The van der Waals surface area contributed by atoms with Crippen LogP contribution in [0.4, 0.5) is 0 Å². The lowest BCUT2D eigenvalue weighted by Crippen LogP contribution is -2.43. The Bertz CT molecular complexity index is 524. The van der Waals surface area contributed by atoms with E-state index in [9.17, 15) is 4.79 Å². The Hall–Kier alpha value is -1.10. The van der Waals surface area contributed by atoms with Gasteiger partial charge >= 0.3 is 0 Å². The van der Waals surface area contributed by atoms with Gasteiger partial charge in [-0.05, 0) is 68.5 Å². The molecular formula is C20H32N2O2S. The lowest BCUT2D eigenvalue weighted by Gasteiger charge is -2.38. The Labute approximate surface area is 157 Å². The van der Waals surface area contributed by atoms with E-state index in [1.54, 1.807) is 0 Å². The van der Waals surface area contributed by atoms with Crippen molar-refractivity contribution in [3.63, 3.8) is 0 Å². The van der Waals surface area contributed by atoms with Crippen LogP contribution >= 0.6 is 12.2 Å². The zero-order chi connectivity index (χ0) is 17.8. The zero-order valence-corrected chi connectivity index (χ0v) is 16.5. The number of fused-ring (bicyclic) bond motifs is 1. The minimum Gasteiger partial charge on any atom is -0.470 e. The summed E-state index contributed by atoms with van der Waals surface area (Å²) in [6.45, 7) is 7.57. The van der Waals surface area contributed by atoms with Crippen molar-refractivity contribution >= 4 is 23.3 Å². The molecule has 140 valence electrons. The van der Waals surface area contributed by atoms with Crippen LogP contribution in [0.2, 0.25) is 0 Å². The van der Waals surface area contributed by atoms with E-state index in [1.165, 1.54) is 37.8 Å². The van der Waals surface area contributed by atoms with E-state index < -0.39 is 0 Å². The zero-order valence-electron chi connectivity index (χ0n) is 15.7. The smallest absolute Gasteiger partial charge is 0.263 e. The van der Waals surface area contributed by atoms with Crippen molar-refractivity contribution < 1.29 is 9.53 Å². The maximum atomic E-state index is 12.5. The Morgan fingerprint density at radius 1 is 1.24 bits per heavy atom. The van der Waals surface area contributed by atoms with Gasteiger partial charge in [-0.3, -0.25) is 4.79 Å². The third-order valence-corrected chi connectivity index (χ3v) is 6.10. The van der Waals surface area contributed by atoms with Gasteiger partial charge in [0.05, 0.1) is 13.0 Å². The Balaban J connectivity index is 1.46. The third-order valence-electron chi connectivity index (χ3n) is 5.76. The summed E-state index contributed by atoms with van der Waals surface area (Å²) in [6, 6.07) is 0. The second-order valence-electron chi connectivity index (χ2n) is 8.16. The molecule has 0 aromatic heterocycles. The number of ether oxygens (including phenoxy) is 1. The first-order valence-electron chi connectivity index (χ1n) is 9.96. The highest BCUT2D eigenvalue weighted by Crippen LogP contribution is 2.35. The summed E-state index contributed by atoms with van der Waals surface area (Å²) >= 11 is 5.53. The standard InChI is InChI=1S/C20H32N2O2S/c1-15-12-16(2)14-21(13-15)19(23)9-11-24-20(25)22-10-5-7-17-6-3-4-8-18(17)22/h8,15-17H,3-7,9-14H2,1-2H3/t15-,16?,17?/m0/s1. The van der Waals surface area contributed by atoms with Crippen LogP contribution in [0.1, 0.15) is 58.8 Å². The number of rotatable bonds is 3. The fraction of sp³-hybridized carbons (Fsp3) is 0.800. The highest BCUT2D eigenvalue weighted by atomic mass is 32.1. The number of nitrogens with zero attached hydrogens (tertiary/aromatic N) is 2. The van der Waals surface area contributed by atoms with Gasteiger partial charge in [0.2, 0.25) is 5.91 Å². The number of thiocarbonyl (C=S) groups is 1. The monoisotopic (exact) mass is 364 g/mol. The summed E-state index contributed by atoms with van der Waals surface area (Å²) in [5.41, 5.74) is 1.37. The number of likely N-dealkylation sites (tertiary alicyclic amines) is 2. The molecule has 0 saturated carbocycles. The molecule has 1 amide bonds. The average Bonchev–Trinajstić information content (AvgIpc) is 2.60. The van der Waals surface area contributed by atoms with E-state index in [-0.39, 0.29) is 5.91 Å². The highest BCUT2D eigenvalue weighted by Gasteiger charge is 2.30. The first-order valence-corrected chi connectivity index (χ1v) is 10.4. The largest absolute Gasteiger partial charge is 0.470 e. The van der Waals surface area contributed by atoms with Crippen LogP contribution in [0.3, 0.4) is 0 Å². The van der Waals surface area contributed by atoms with Crippen LogP contribution in [-0.2, 0) is 9.53 Å². The van der Waals surface area contributed by atoms with E-state index in [0.717, 1.165) is 26.1 Å². The average molecular weight is 365 g/mol. The van der Waals surface area contributed by atoms with Gasteiger partial charge in [0.15, 0.2) is 0 Å². The molecule has 0 spiro atoms. The molecule has 1 aliphatic carbocycles. The Morgan fingerprint density at radius 3 is 2.72 bits per heavy atom. The van der Waals surface area contributed by atoms with Gasteiger partial charge in [0, 0.05) is 25.3 Å². The lowest BCUT2D eigenvalue weighted by atomic mass is 9.85. The number of amides is 1. The van der Waals surface area contributed by atoms with Crippen LogP contribution in [0, 0.1) is 17.8 Å². The van der Waals surface area contributed by atoms with E-state index >= 15 is 0 Å². The second-order valence-corrected chi connectivity index (χ2v) is 8.51. The van der Waals surface area contributed by atoms with Crippen LogP contribution < -0.4 is 0 Å². The predicted molar refractivity (Wildman–Crippen MR) is 104 cm³/mol. The van der Waals surface area contributed by atoms with Crippen LogP contribution in [0.5, 0.6) is 0 Å². The summed E-state index contributed by atoms with van der Waals surface area (Å²) in [7, 11) is 0. The third kappa shape index (κ3) is 4.75. The van der Waals surface area contributed by atoms with E-state index in [0.29, 0.717) is 36.0 Å². The summed E-state index contributed by atoms with van der Waals surface area (Å²) in [5.74, 6) is 2.05. The molecule has 25 heavy (non-hydrogen) atoms. The number of allylic oxidation sites excluding steroid dienone is 2. The van der Waals surface area contributed by atoms with Crippen molar-refractivity contribution in [3.05, 3.63) is 11.8 Å². The number of carbonyl (C=O) groups is 1. The van der Waals surface area contributed by atoms with Crippen molar-refractivity contribution in [1.82, 2.24) is 9.80 Å². The molecule has 0 aromatic carbocycles. The fourth-order valence-electron chi connectivity index (χ4n) is 4.70.